The Bertz CT molecular complexity index is 921. The van der Waals surface area contributed by atoms with Crippen molar-refractivity contribution in [2.75, 3.05) is 0 Å². The summed E-state index contributed by atoms with van der Waals surface area (Å²) in [6.07, 6.45) is 2.51. The van der Waals surface area contributed by atoms with Gasteiger partial charge in [-0.3, -0.25) is 4.79 Å². The predicted octanol–water partition coefficient (Wildman–Crippen LogP) is 3.31. The fourth-order valence-electron chi connectivity index (χ4n) is 2.97. The Labute approximate surface area is 154 Å². The maximum atomic E-state index is 12.4. The Kier molecular flexibility index (Phi) is 5.13. The van der Waals surface area contributed by atoms with Crippen LogP contribution in [0.3, 0.4) is 0 Å². The van der Waals surface area contributed by atoms with Crippen LogP contribution < -0.4 is 5.32 Å². The number of carbonyl (C=O) groups excluding carboxylic acids is 1. The Balaban J connectivity index is 1.68. The number of benzene rings is 1. The van der Waals surface area contributed by atoms with Crippen LogP contribution >= 0.6 is 15.9 Å². The van der Waals surface area contributed by atoms with Crippen LogP contribution in [0.1, 0.15) is 41.9 Å². The molecule has 2 heterocycles. The van der Waals surface area contributed by atoms with Crippen LogP contribution in [0.5, 0.6) is 0 Å². The van der Waals surface area contributed by atoms with Crippen molar-refractivity contribution in [1.82, 2.24) is 24.9 Å². The van der Waals surface area contributed by atoms with Crippen LogP contribution in [0, 0.1) is 13.8 Å². The zero-order valence-corrected chi connectivity index (χ0v) is 16.0. The first kappa shape index (κ1) is 17.5. The van der Waals surface area contributed by atoms with Crippen molar-refractivity contribution in [2.45, 2.75) is 39.7 Å². The molecule has 2 aromatic heterocycles. The van der Waals surface area contributed by atoms with Gasteiger partial charge in [0.1, 0.15) is 6.33 Å². The van der Waals surface area contributed by atoms with E-state index in [4.69, 9.17) is 0 Å². The average Bonchev–Trinajstić information content (AvgIpc) is 3.03. The number of rotatable bonds is 5. The van der Waals surface area contributed by atoms with E-state index in [2.05, 4.69) is 36.3 Å². The van der Waals surface area contributed by atoms with E-state index < -0.39 is 0 Å². The second-order valence-electron chi connectivity index (χ2n) is 6.04. The van der Waals surface area contributed by atoms with Crippen LogP contribution in [0.25, 0.3) is 5.78 Å². The number of aromatic nitrogens is 4. The summed E-state index contributed by atoms with van der Waals surface area (Å²) in [5, 5.41) is 7.24. The van der Waals surface area contributed by atoms with Crippen molar-refractivity contribution in [3.63, 3.8) is 0 Å². The van der Waals surface area contributed by atoms with E-state index in [-0.39, 0.29) is 11.9 Å². The molecule has 1 N–H and O–H groups in total. The Hall–Kier alpha value is -2.28. The molecule has 0 aliphatic heterocycles. The lowest BCUT2D eigenvalue weighted by molar-refractivity contribution is -0.121. The molecule has 0 unspecified atom stereocenters. The minimum absolute atomic E-state index is 0.0146. The molecule has 3 rings (SSSR count). The van der Waals surface area contributed by atoms with Gasteiger partial charge >= 0.3 is 0 Å². The van der Waals surface area contributed by atoms with Gasteiger partial charge in [0.25, 0.3) is 5.78 Å². The fourth-order valence-corrected chi connectivity index (χ4v) is 3.60. The number of aryl methyl sites for hydroxylation is 2. The van der Waals surface area contributed by atoms with E-state index in [9.17, 15) is 4.79 Å². The fraction of sp³-hybridized carbons (Fsp3) is 0.333. The van der Waals surface area contributed by atoms with Crippen LogP contribution in [-0.4, -0.2) is 25.5 Å². The lowest BCUT2D eigenvalue weighted by atomic mass is 10.1. The molecular formula is C18H20BrN5O. The molecule has 1 amide bonds. The van der Waals surface area contributed by atoms with Gasteiger partial charge in [-0.05, 0) is 44.4 Å². The normalized spacial score (nSPS) is 12.3. The van der Waals surface area contributed by atoms with Gasteiger partial charge in [0, 0.05) is 22.3 Å². The molecular weight excluding hydrogens is 382 g/mol. The van der Waals surface area contributed by atoms with Crippen LogP contribution in [0.15, 0.2) is 35.1 Å². The number of nitrogens with zero attached hydrogens (tertiary/aromatic N) is 4. The number of fused-ring (bicyclic) bond motifs is 1. The van der Waals surface area contributed by atoms with Crippen molar-refractivity contribution < 1.29 is 4.79 Å². The first-order valence-electron chi connectivity index (χ1n) is 8.17. The molecule has 1 atom stereocenters. The van der Waals surface area contributed by atoms with Gasteiger partial charge in [0.05, 0.1) is 6.04 Å². The summed E-state index contributed by atoms with van der Waals surface area (Å²) in [5.74, 6) is 0.603. The Morgan fingerprint density at radius 2 is 2.08 bits per heavy atom. The van der Waals surface area contributed by atoms with Crippen molar-refractivity contribution in [2.24, 2.45) is 0 Å². The van der Waals surface area contributed by atoms with E-state index >= 15 is 0 Å². The Morgan fingerprint density at radius 1 is 1.32 bits per heavy atom. The third-order valence-electron chi connectivity index (χ3n) is 4.34. The van der Waals surface area contributed by atoms with E-state index in [1.807, 2.05) is 45.0 Å². The third-order valence-corrected chi connectivity index (χ3v) is 5.06. The second kappa shape index (κ2) is 7.31. The van der Waals surface area contributed by atoms with Crippen molar-refractivity contribution in [3.05, 3.63) is 57.6 Å². The van der Waals surface area contributed by atoms with Crippen molar-refractivity contribution in [1.29, 1.82) is 0 Å². The van der Waals surface area contributed by atoms with E-state index in [0.29, 0.717) is 18.6 Å². The number of hydrogen-bond donors (Lipinski definition) is 1. The van der Waals surface area contributed by atoms with Crippen LogP contribution in [0.4, 0.5) is 0 Å². The summed E-state index contributed by atoms with van der Waals surface area (Å²) >= 11 is 3.53. The number of hydrogen-bond acceptors (Lipinski definition) is 4. The molecule has 0 spiro atoms. The number of nitrogens with one attached hydrogen (secondary N) is 1. The quantitative estimate of drug-likeness (QED) is 0.711. The van der Waals surface area contributed by atoms with Gasteiger partial charge in [0.2, 0.25) is 5.91 Å². The number of halogens is 1. The van der Waals surface area contributed by atoms with Gasteiger partial charge in [-0.2, -0.15) is 10.1 Å². The average molecular weight is 402 g/mol. The summed E-state index contributed by atoms with van der Waals surface area (Å²) in [6.45, 7) is 5.91. The Morgan fingerprint density at radius 3 is 2.84 bits per heavy atom. The third kappa shape index (κ3) is 3.71. The van der Waals surface area contributed by atoms with Gasteiger partial charge < -0.3 is 5.32 Å². The molecule has 0 radical (unpaired) electrons. The second-order valence-corrected chi connectivity index (χ2v) is 6.90. The first-order valence-corrected chi connectivity index (χ1v) is 8.96. The van der Waals surface area contributed by atoms with Gasteiger partial charge in [-0.15, -0.1) is 0 Å². The lowest BCUT2D eigenvalue weighted by Gasteiger charge is -2.16. The summed E-state index contributed by atoms with van der Waals surface area (Å²) < 4.78 is 2.71. The van der Waals surface area contributed by atoms with E-state index in [0.717, 1.165) is 27.0 Å². The van der Waals surface area contributed by atoms with Gasteiger partial charge in [-0.1, -0.05) is 34.1 Å². The molecule has 6 nitrogen and oxygen atoms in total. The molecule has 3 aromatic rings. The maximum absolute atomic E-state index is 12.4. The largest absolute Gasteiger partial charge is 0.350 e. The molecule has 0 saturated heterocycles. The first-order chi connectivity index (χ1) is 12.0. The molecule has 0 aliphatic rings. The summed E-state index contributed by atoms with van der Waals surface area (Å²) in [4.78, 5) is 20.9. The number of amides is 1. The zero-order valence-electron chi connectivity index (χ0n) is 14.5. The van der Waals surface area contributed by atoms with Crippen LogP contribution in [-0.2, 0) is 11.2 Å². The number of carbonyl (C=O) groups is 1. The maximum Gasteiger partial charge on any atom is 0.252 e. The predicted molar refractivity (Wildman–Crippen MR) is 99.3 cm³/mol. The summed E-state index contributed by atoms with van der Waals surface area (Å²) in [7, 11) is 0. The molecule has 25 heavy (non-hydrogen) atoms. The van der Waals surface area contributed by atoms with E-state index in [1.165, 1.54) is 6.33 Å². The molecule has 0 aliphatic carbocycles. The molecule has 1 aromatic carbocycles. The summed E-state index contributed by atoms with van der Waals surface area (Å²) in [6, 6.07) is 7.85. The minimum Gasteiger partial charge on any atom is -0.350 e. The highest BCUT2D eigenvalue weighted by molar-refractivity contribution is 9.10. The molecule has 0 saturated carbocycles. The monoisotopic (exact) mass is 401 g/mol. The smallest absolute Gasteiger partial charge is 0.252 e. The minimum atomic E-state index is -0.0545. The molecule has 0 fully saturated rings. The highest BCUT2D eigenvalue weighted by Gasteiger charge is 2.15. The van der Waals surface area contributed by atoms with Crippen molar-refractivity contribution in [3.8, 4) is 0 Å². The zero-order chi connectivity index (χ0) is 18.0. The van der Waals surface area contributed by atoms with Crippen molar-refractivity contribution >= 4 is 27.6 Å². The van der Waals surface area contributed by atoms with Gasteiger partial charge in [0.15, 0.2) is 0 Å². The topological polar surface area (TPSA) is 72.2 Å². The molecule has 130 valence electrons. The summed E-state index contributed by atoms with van der Waals surface area (Å²) in [5.41, 5.74) is 3.98. The standard InChI is InChI=1S/C18H20BrN5O/c1-11-14(13(3)24-18(23-11)20-10-21-24)8-9-17(25)22-12(2)15-6-4-5-7-16(15)19/h4-7,10,12H,8-9H2,1-3H3,(H,22,25)/t12-/m1/s1. The SMILES string of the molecule is Cc1nc2ncnn2c(C)c1CCC(=O)N[C@H](C)c1ccccc1Br. The lowest BCUT2D eigenvalue weighted by Crippen LogP contribution is -2.27. The highest BCUT2D eigenvalue weighted by atomic mass is 79.9. The molecule has 0 bridgehead atoms. The molecule has 7 heteroatoms. The highest BCUT2D eigenvalue weighted by Crippen LogP contribution is 2.23. The van der Waals surface area contributed by atoms with Crippen LogP contribution in [0.2, 0.25) is 0 Å². The van der Waals surface area contributed by atoms with Gasteiger partial charge in [-0.25, -0.2) is 9.50 Å². The van der Waals surface area contributed by atoms with E-state index in [1.54, 1.807) is 4.52 Å².